The molecule has 0 saturated heterocycles. The molecule has 0 atom stereocenters. The SMILES string of the molecule is CC(=O)Nc1nc(CCc2cc[c]cc2)c(C(=O)NCc2ccc(S(C)(=O)=O)cc2)s1. The van der Waals surface area contributed by atoms with Crippen LogP contribution in [0.4, 0.5) is 5.13 Å². The fraction of sp³-hybridized carbons (Fsp3) is 0.227. The maximum absolute atomic E-state index is 12.8. The molecule has 9 heteroatoms. The van der Waals surface area contributed by atoms with Crippen LogP contribution in [0.1, 0.15) is 33.4 Å². The molecule has 1 heterocycles. The minimum atomic E-state index is -3.27. The molecule has 2 N–H and O–H groups in total. The third-order valence-corrected chi connectivity index (χ3v) is 6.57. The number of benzene rings is 2. The number of hydrogen-bond acceptors (Lipinski definition) is 6. The Morgan fingerprint density at radius 3 is 2.32 bits per heavy atom. The van der Waals surface area contributed by atoms with Gasteiger partial charge >= 0.3 is 0 Å². The van der Waals surface area contributed by atoms with Crippen LogP contribution < -0.4 is 10.6 Å². The highest BCUT2D eigenvalue weighted by molar-refractivity contribution is 7.90. The van der Waals surface area contributed by atoms with Crippen LogP contribution in [-0.2, 0) is 34.0 Å². The van der Waals surface area contributed by atoms with Crippen molar-refractivity contribution in [3.05, 3.63) is 76.3 Å². The van der Waals surface area contributed by atoms with Crippen molar-refractivity contribution in [1.29, 1.82) is 0 Å². The number of nitrogens with one attached hydrogen (secondary N) is 2. The number of nitrogens with zero attached hydrogens (tertiary/aromatic N) is 1. The van der Waals surface area contributed by atoms with Crippen molar-refractivity contribution in [2.45, 2.75) is 31.2 Å². The van der Waals surface area contributed by atoms with Gasteiger partial charge in [-0.05, 0) is 42.2 Å². The summed E-state index contributed by atoms with van der Waals surface area (Å²) in [5.74, 6) is -0.547. The van der Waals surface area contributed by atoms with Crippen molar-refractivity contribution in [1.82, 2.24) is 10.3 Å². The predicted molar refractivity (Wildman–Crippen MR) is 120 cm³/mol. The summed E-state index contributed by atoms with van der Waals surface area (Å²) < 4.78 is 23.1. The first kappa shape index (κ1) is 22.6. The van der Waals surface area contributed by atoms with Crippen molar-refractivity contribution in [3.8, 4) is 0 Å². The number of hydrogen-bond donors (Lipinski definition) is 2. The van der Waals surface area contributed by atoms with Gasteiger partial charge in [-0.15, -0.1) is 0 Å². The molecule has 0 spiro atoms. The Morgan fingerprint density at radius 2 is 1.71 bits per heavy atom. The smallest absolute Gasteiger partial charge is 0.263 e. The maximum Gasteiger partial charge on any atom is 0.263 e. The quantitative estimate of drug-likeness (QED) is 0.542. The van der Waals surface area contributed by atoms with Crippen LogP contribution in [0.25, 0.3) is 0 Å². The Balaban J connectivity index is 1.72. The van der Waals surface area contributed by atoms with E-state index in [0.29, 0.717) is 28.5 Å². The lowest BCUT2D eigenvalue weighted by Crippen LogP contribution is -2.23. The van der Waals surface area contributed by atoms with Gasteiger partial charge in [-0.3, -0.25) is 9.59 Å². The van der Waals surface area contributed by atoms with Crippen molar-refractivity contribution >= 4 is 38.1 Å². The second-order valence-electron chi connectivity index (χ2n) is 6.98. The molecule has 2 aromatic carbocycles. The zero-order chi connectivity index (χ0) is 22.4. The maximum atomic E-state index is 12.8. The summed E-state index contributed by atoms with van der Waals surface area (Å²) in [6, 6.07) is 16.9. The van der Waals surface area contributed by atoms with Crippen molar-refractivity contribution in [2.75, 3.05) is 11.6 Å². The standard InChI is InChI=1S/C22H22N3O4S2/c1-15(26)24-22-25-19(13-10-16-6-4-3-5-7-16)20(30-22)21(27)23-14-17-8-11-18(12-9-17)31(2,28)29/h4-9,11-12H,10,13-14H2,1-2H3,(H,23,27)(H,24,25,26). The zero-order valence-corrected chi connectivity index (χ0v) is 18.8. The Morgan fingerprint density at radius 1 is 1.03 bits per heavy atom. The van der Waals surface area contributed by atoms with Crippen LogP contribution in [0, 0.1) is 6.07 Å². The van der Waals surface area contributed by atoms with Gasteiger partial charge in [0.15, 0.2) is 15.0 Å². The number of carbonyl (C=O) groups is 2. The first-order chi connectivity index (χ1) is 14.7. The summed E-state index contributed by atoms with van der Waals surface area (Å²) >= 11 is 1.13. The molecular formula is C22H22N3O4S2. The highest BCUT2D eigenvalue weighted by Gasteiger charge is 2.19. The second kappa shape index (κ2) is 9.84. The van der Waals surface area contributed by atoms with Crippen molar-refractivity contribution in [3.63, 3.8) is 0 Å². The third-order valence-electron chi connectivity index (χ3n) is 4.43. The number of carbonyl (C=O) groups excluding carboxylic acids is 2. The van der Waals surface area contributed by atoms with Crippen LogP contribution >= 0.6 is 11.3 Å². The average molecular weight is 457 g/mol. The lowest BCUT2D eigenvalue weighted by atomic mass is 10.1. The Labute approximate surface area is 185 Å². The molecule has 1 aromatic heterocycles. The normalized spacial score (nSPS) is 11.2. The summed E-state index contributed by atoms with van der Waals surface area (Å²) in [5, 5.41) is 5.86. The molecule has 0 aliphatic carbocycles. The van der Waals surface area contributed by atoms with E-state index in [1.807, 2.05) is 24.3 Å². The topological polar surface area (TPSA) is 105 Å². The fourth-order valence-electron chi connectivity index (χ4n) is 2.87. The summed E-state index contributed by atoms with van der Waals surface area (Å²) in [4.78, 5) is 29.3. The lowest BCUT2D eigenvalue weighted by molar-refractivity contribution is -0.114. The number of aryl methyl sites for hydroxylation is 2. The highest BCUT2D eigenvalue weighted by Crippen LogP contribution is 2.25. The largest absolute Gasteiger partial charge is 0.347 e. The van der Waals surface area contributed by atoms with Crippen LogP contribution in [-0.4, -0.2) is 31.5 Å². The lowest BCUT2D eigenvalue weighted by Gasteiger charge is -2.06. The molecule has 3 aromatic rings. The summed E-state index contributed by atoms with van der Waals surface area (Å²) in [6.45, 7) is 1.63. The molecule has 0 fully saturated rings. The van der Waals surface area contributed by atoms with Crippen LogP contribution in [0.5, 0.6) is 0 Å². The Kier molecular flexibility index (Phi) is 7.19. The van der Waals surface area contributed by atoms with Gasteiger partial charge in [0, 0.05) is 19.7 Å². The molecule has 2 amide bonds. The molecule has 0 unspecified atom stereocenters. The van der Waals surface area contributed by atoms with Crippen molar-refractivity contribution in [2.24, 2.45) is 0 Å². The van der Waals surface area contributed by atoms with Gasteiger partial charge in [-0.25, -0.2) is 13.4 Å². The van der Waals surface area contributed by atoms with E-state index in [9.17, 15) is 18.0 Å². The molecule has 0 aliphatic rings. The van der Waals surface area contributed by atoms with Gasteiger partial charge in [0.2, 0.25) is 5.91 Å². The van der Waals surface area contributed by atoms with E-state index in [4.69, 9.17) is 0 Å². The first-order valence-electron chi connectivity index (χ1n) is 9.52. The molecule has 0 bridgehead atoms. The number of aromatic nitrogens is 1. The Hall–Kier alpha value is -3.04. The third kappa shape index (κ3) is 6.47. The van der Waals surface area contributed by atoms with Crippen molar-refractivity contribution < 1.29 is 18.0 Å². The predicted octanol–water partition coefficient (Wildman–Crippen LogP) is 3.02. The molecule has 3 rings (SSSR count). The minimum absolute atomic E-state index is 0.228. The van der Waals surface area contributed by atoms with Gasteiger partial charge in [0.05, 0.1) is 10.6 Å². The van der Waals surface area contributed by atoms with Gasteiger partial charge in [-0.1, -0.05) is 47.7 Å². The van der Waals surface area contributed by atoms with Gasteiger partial charge < -0.3 is 10.6 Å². The molecule has 0 saturated carbocycles. The summed E-state index contributed by atoms with van der Waals surface area (Å²) in [5.41, 5.74) is 2.49. The van der Waals surface area contributed by atoms with E-state index < -0.39 is 9.84 Å². The molecule has 7 nitrogen and oxygen atoms in total. The van der Waals surface area contributed by atoms with Crippen LogP contribution in [0.3, 0.4) is 0 Å². The van der Waals surface area contributed by atoms with E-state index in [2.05, 4.69) is 21.7 Å². The van der Waals surface area contributed by atoms with E-state index in [-0.39, 0.29) is 23.3 Å². The fourth-order valence-corrected chi connectivity index (χ4v) is 4.48. The number of amides is 2. The van der Waals surface area contributed by atoms with Crippen LogP contribution in [0.2, 0.25) is 0 Å². The summed E-state index contributed by atoms with van der Waals surface area (Å²) in [7, 11) is -3.27. The molecule has 31 heavy (non-hydrogen) atoms. The molecule has 1 radical (unpaired) electrons. The Bertz CT molecular complexity index is 1170. The molecular weight excluding hydrogens is 434 g/mol. The average Bonchev–Trinajstić information content (AvgIpc) is 3.13. The van der Waals surface area contributed by atoms with Gasteiger partial charge in [-0.2, -0.15) is 0 Å². The number of sulfone groups is 1. The van der Waals surface area contributed by atoms with Gasteiger partial charge in [0.25, 0.3) is 5.91 Å². The van der Waals surface area contributed by atoms with Crippen LogP contribution in [0.15, 0.2) is 53.4 Å². The van der Waals surface area contributed by atoms with Gasteiger partial charge in [0.1, 0.15) is 4.88 Å². The zero-order valence-electron chi connectivity index (χ0n) is 17.1. The first-order valence-corrected chi connectivity index (χ1v) is 12.2. The van der Waals surface area contributed by atoms with E-state index in [1.165, 1.54) is 19.1 Å². The number of thiazole rings is 1. The molecule has 161 valence electrons. The van der Waals surface area contributed by atoms with E-state index >= 15 is 0 Å². The summed E-state index contributed by atoms with van der Waals surface area (Å²) in [6.07, 6.45) is 2.40. The number of rotatable bonds is 8. The van der Waals surface area contributed by atoms with E-state index in [0.717, 1.165) is 28.7 Å². The van der Waals surface area contributed by atoms with E-state index in [1.54, 1.807) is 12.1 Å². The second-order valence-corrected chi connectivity index (χ2v) is 10.00. The highest BCUT2D eigenvalue weighted by atomic mass is 32.2. The molecule has 0 aliphatic heterocycles. The number of anilines is 1. The monoisotopic (exact) mass is 456 g/mol. The minimum Gasteiger partial charge on any atom is -0.347 e.